The fourth-order valence-electron chi connectivity index (χ4n) is 3.00. The average molecular weight is 275 g/mol. The van der Waals surface area contributed by atoms with Gasteiger partial charge in [-0.2, -0.15) is 0 Å². The fourth-order valence-corrected chi connectivity index (χ4v) is 3.00. The summed E-state index contributed by atoms with van der Waals surface area (Å²) in [6.07, 6.45) is 2.41. The van der Waals surface area contributed by atoms with Crippen LogP contribution in [0.25, 0.3) is 0 Å². The molecule has 20 heavy (non-hydrogen) atoms. The number of primary amides is 1. The molecule has 1 aromatic rings. The second kappa shape index (κ2) is 6.37. The van der Waals surface area contributed by atoms with Gasteiger partial charge < -0.3 is 11.5 Å². The van der Waals surface area contributed by atoms with Gasteiger partial charge in [-0.1, -0.05) is 13.0 Å². The van der Waals surface area contributed by atoms with Gasteiger partial charge in [0.1, 0.15) is 0 Å². The Labute approximate surface area is 121 Å². The van der Waals surface area contributed by atoms with E-state index in [1.54, 1.807) is 0 Å². The number of piperidine rings is 1. The minimum Gasteiger partial charge on any atom is -0.366 e. The molecule has 0 saturated carbocycles. The number of nitrogens with zero attached hydrogens (tertiary/aromatic N) is 1. The largest absolute Gasteiger partial charge is 0.366 e. The molecule has 1 fully saturated rings. The number of benzene rings is 1. The topological polar surface area (TPSA) is 72.4 Å². The smallest absolute Gasteiger partial charge is 0.248 e. The minimum atomic E-state index is -0.369. The molecule has 4 nitrogen and oxygen atoms in total. The molecule has 110 valence electrons. The number of hydrogen-bond acceptors (Lipinski definition) is 3. The van der Waals surface area contributed by atoms with Crippen molar-refractivity contribution in [3.05, 3.63) is 34.9 Å². The molecule has 1 heterocycles. The molecular formula is C16H25N3O. The van der Waals surface area contributed by atoms with Crippen molar-refractivity contribution in [3.8, 4) is 0 Å². The van der Waals surface area contributed by atoms with E-state index in [4.69, 9.17) is 11.5 Å². The molecule has 0 radical (unpaired) electrons. The first-order valence-electron chi connectivity index (χ1n) is 7.34. The Morgan fingerprint density at radius 2 is 2.20 bits per heavy atom. The van der Waals surface area contributed by atoms with Gasteiger partial charge in [0.2, 0.25) is 5.91 Å². The Hall–Kier alpha value is -1.39. The van der Waals surface area contributed by atoms with Crippen molar-refractivity contribution in [2.75, 3.05) is 13.1 Å². The molecule has 1 aromatic carbocycles. The Morgan fingerprint density at radius 1 is 1.45 bits per heavy atom. The quantitative estimate of drug-likeness (QED) is 0.877. The molecule has 4 N–H and O–H groups in total. The molecular weight excluding hydrogens is 250 g/mol. The highest BCUT2D eigenvalue weighted by atomic mass is 16.1. The zero-order valence-electron chi connectivity index (χ0n) is 12.4. The highest BCUT2D eigenvalue weighted by Crippen LogP contribution is 2.24. The third kappa shape index (κ3) is 3.38. The van der Waals surface area contributed by atoms with Crippen LogP contribution in [0.15, 0.2) is 18.2 Å². The van der Waals surface area contributed by atoms with Gasteiger partial charge in [-0.05, 0) is 55.5 Å². The van der Waals surface area contributed by atoms with E-state index in [2.05, 4.69) is 11.8 Å². The Morgan fingerprint density at radius 3 is 2.80 bits per heavy atom. The van der Waals surface area contributed by atoms with Crippen LogP contribution in [-0.4, -0.2) is 29.9 Å². The molecule has 1 aliphatic heterocycles. The summed E-state index contributed by atoms with van der Waals surface area (Å²) >= 11 is 0. The van der Waals surface area contributed by atoms with Crippen molar-refractivity contribution >= 4 is 5.91 Å². The maximum absolute atomic E-state index is 11.2. The molecule has 2 rings (SSSR count). The highest BCUT2D eigenvalue weighted by Gasteiger charge is 2.25. The number of rotatable bonds is 4. The van der Waals surface area contributed by atoms with Gasteiger partial charge in [0.15, 0.2) is 0 Å². The summed E-state index contributed by atoms with van der Waals surface area (Å²) in [6, 6.07) is 6.17. The van der Waals surface area contributed by atoms with Gasteiger partial charge in [-0.3, -0.25) is 9.69 Å². The molecule has 2 unspecified atom stereocenters. The van der Waals surface area contributed by atoms with E-state index in [0.29, 0.717) is 18.2 Å². The van der Waals surface area contributed by atoms with E-state index in [-0.39, 0.29) is 5.91 Å². The summed E-state index contributed by atoms with van der Waals surface area (Å²) < 4.78 is 0. The Bertz CT molecular complexity index is 487. The summed E-state index contributed by atoms with van der Waals surface area (Å²) in [5, 5.41) is 0. The number of aryl methyl sites for hydroxylation is 1. The van der Waals surface area contributed by atoms with Gasteiger partial charge in [-0.15, -0.1) is 0 Å². The summed E-state index contributed by atoms with van der Waals surface area (Å²) in [5.41, 5.74) is 14.2. The number of carbonyl (C=O) groups excluding carboxylic acids is 1. The predicted molar refractivity (Wildman–Crippen MR) is 81.3 cm³/mol. The lowest BCUT2D eigenvalue weighted by molar-refractivity contribution is 0.1000. The summed E-state index contributed by atoms with van der Waals surface area (Å²) in [7, 11) is 0. The second-order valence-corrected chi connectivity index (χ2v) is 6.00. The minimum absolute atomic E-state index is 0.369. The molecule has 1 aliphatic rings. The maximum atomic E-state index is 11.2. The second-order valence-electron chi connectivity index (χ2n) is 6.00. The maximum Gasteiger partial charge on any atom is 0.248 e. The van der Waals surface area contributed by atoms with Gasteiger partial charge in [0.25, 0.3) is 0 Å². The van der Waals surface area contributed by atoms with E-state index in [1.165, 1.54) is 18.4 Å². The van der Waals surface area contributed by atoms with Crippen molar-refractivity contribution < 1.29 is 4.79 Å². The Balaban J connectivity index is 2.11. The average Bonchev–Trinajstić information content (AvgIpc) is 2.42. The standard InChI is InChI=1S/C16H25N3O/c1-11-5-6-19(15(7-11)9-17)10-14-4-3-13(16(18)20)8-12(14)2/h3-4,8,11,15H,5-7,9-10,17H2,1-2H3,(H2,18,20). The van der Waals surface area contributed by atoms with Gasteiger partial charge in [-0.25, -0.2) is 0 Å². The van der Waals surface area contributed by atoms with Gasteiger partial charge in [0, 0.05) is 24.7 Å². The number of carbonyl (C=O) groups is 1. The molecule has 1 saturated heterocycles. The molecule has 0 bridgehead atoms. The Kier molecular flexibility index (Phi) is 4.78. The number of hydrogen-bond donors (Lipinski definition) is 2. The van der Waals surface area contributed by atoms with Crippen LogP contribution < -0.4 is 11.5 Å². The number of nitrogens with two attached hydrogens (primary N) is 2. The van der Waals surface area contributed by atoms with E-state index in [0.717, 1.165) is 24.6 Å². The van der Waals surface area contributed by atoms with Crippen LogP contribution in [-0.2, 0) is 6.54 Å². The molecule has 0 spiro atoms. The van der Waals surface area contributed by atoms with Crippen molar-refractivity contribution in [3.63, 3.8) is 0 Å². The van der Waals surface area contributed by atoms with Crippen LogP contribution in [0.1, 0.15) is 41.3 Å². The van der Waals surface area contributed by atoms with Crippen LogP contribution in [0.4, 0.5) is 0 Å². The molecule has 2 atom stereocenters. The lowest BCUT2D eigenvalue weighted by Gasteiger charge is -2.38. The van der Waals surface area contributed by atoms with Gasteiger partial charge >= 0.3 is 0 Å². The van der Waals surface area contributed by atoms with E-state index >= 15 is 0 Å². The van der Waals surface area contributed by atoms with E-state index in [1.807, 2.05) is 25.1 Å². The van der Waals surface area contributed by atoms with Crippen LogP contribution in [0.5, 0.6) is 0 Å². The first kappa shape index (κ1) is 15.0. The van der Waals surface area contributed by atoms with Crippen LogP contribution in [0.3, 0.4) is 0 Å². The van der Waals surface area contributed by atoms with E-state index < -0.39 is 0 Å². The van der Waals surface area contributed by atoms with Crippen LogP contribution in [0.2, 0.25) is 0 Å². The lowest BCUT2D eigenvalue weighted by atomic mass is 9.91. The molecule has 4 heteroatoms. The van der Waals surface area contributed by atoms with E-state index in [9.17, 15) is 4.79 Å². The zero-order valence-corrected chi connectivity index (χ0v) is 12.4. The zero-order chi connectivity index (χ0) is 14.7. The third-order valence-electron chi connectivity index (χ3n) is 4.37. The normalized spacial score (nSPS) is 23.8. The predicted octanol–water partition coefficient (Wildman–Crippen LogP) is 1.65. The number of likely N-dealkylation sites (tertiary alicyclic amines) is 1. The van der Waals surface area contributed by atoms with Crippen LogP contribution in [0, 0.1) is 12.8 Å². The molecule has 0 aromatic heterocycles. The number of amides is 1. The molecule has 0 aliphatic carbocycles. The summed E-state index contributed by atoms with van der Waals surface area (Å²) in [4.78, 5) is 13.6. The summed E-state index contributed by atoms with van der Waals surface area (Å²) in [5.74, 6) is 0.393. The fraction of sp³-hybridized carbons (Fsp3) is 0.562. The lowest BCUT2D eigenvalue weighted by Crippen LogP contribution is -2.45. The third-order valence-corrected chi connectivity index (χ3v) is 4.37. The first-order valence-corrected chi connectivity index (χ1v) is 7.34. The molecule has 1 amide bonds. The van der Waals surface area contributed by atoms with Gasteiger partial charge in [0.05, 0.1) is 0 Å². The highest BCUT2D eigenvalue weighted by molar-refractivity contribution is 5.93. The SMILES string of the molecule is Cc1cc(C(N)=O)ccc1CN1CCC(C)CC1CN. The van der Waals surface area contributed by atoms with Crippen molar-refractivity contribution in [2.24, 2.45) is 17.4 Å². The van der Waals surface area contributed by atoms with Crippen LogP contribution >= 0.6 is 0 Å². The monoisotopic (exact) mass is 275 g/mol. The van der Waals surface area contributed by atoms with Crippen molar-refractivity contribution in [2.45, 2.75) is 39.3 Å². The van der Waals surface area contributed by atoms with Crippen molar-refractivity contribution in [1.82, 2.24) is 4.90 Å². The summed E-state index contributed by atoms with van der Waals surface area (Å²) in [6.45, 7) is 7.04. The van der Waals surface area contributed by atoms with Crippen molar-refractivity contribution in [1.29, 1.82) is 0 Å². The first-order chi connectivity index (χ1) is 9.51.